The molecule has 0 radical (unpaired) electrons. The standard InChI is InChI=1S/C13H12F3N3O/c14-13(15,16)9-20-6-2-5-19-12-10(7-17)3-1-4-11(12)8-18/h1,3-4,19H,2,5-6,9H2. The van der Waals surface area contributed by atoms with Gasteiger partial charge in [-0.15, -0.1) is 0 Å². The molecule has 0 bridgehead atoms. The Labute approximate surface area is 114 Å². The number of nitriles is 2. The Balaban J connectivity index is 2.43. The molecule has 0 unspecified atom stereocenters. The first kappa shape index (κ1) is 15.8. The van der Waals surface area contributed by atoms with Gasteiger partial charge >= 0.3 is 6.18 Å². The first-order valence-corrected chi connectivity index (χ1v) is 5.79. The van der Waals surface area contributed by atoms with E-state index in [0.717, 1.165) is 0 Å². The van der Waals surface area contributed by atoms with Crippen molar-refractivity contribution in [3.8, 4) is 12.1 Å². The van der Waals surface area contributed by atoms with E-state index in [-0.39, 0.29) is 6.61 Å². The molecule has 0 aliphatic rings. The molecule has 7 heteroatoms. The molecular formula is C13H12F3N3O. The van der Waals surface area contributed by atoms with Crippen molar-refractivity contribution in [3.05, 3.63) is 29.3 Å². The predicted octanol–water partition coefficient (Wildman–Crippen LogP) is 2.81. The largest absolute Gasteiger partial charge is 0.411 e. The molecule has 0 heterocycles. The maximum Gasteiger partial charge on any atom is 0.411 e. The fourth-order valence-corrected chi connectivity index (χ4v) is 1.50. The molecular weight excluding hydrogens is 271 g/mol. The number of halogens is 3. The Morgan fingerprint density at radius 2 is 1.75 bits per heavy atom. The summed E-state index contributed by atoms with van der Waals surface area (Å²) in [5.74, 6) is 0. The van der Waals surface area contributed by atoms with Crippen LogP contribution in [0.3, 0.4) is 0 Å². The fourth-order valence-electron chi connectivity index (χ4n) is 1.50. The van der Waals surface area contributed by atoms with E-state index >= 15 is 0 Å². The minimum absolute atomic E-state index is 0.0525. The molecule has 1 rings (SSSR count). The lowest BCUT2D eigenvalue weighted by atomic mass is 10.1. The van der Waals surface area contributed by atoms with Gasteiger partial charge in [-0.3, -0.25) is 0 Å². The second-order valence-corrected chi connectivity index (χ2v) is 3.90. The maximum atomic E-state index is 11.8. The maximum absolute atomic E-state index is 11.8. The van der Waals surface area contributed by atoms with E-state index < -0.39 is 12.8 Å². The number of hydrogen-bond acceptors (Lipinski definition) is 4. The molecule has 1 N–H and O–H groups in total. The second kappa shape index (κ2) is 7.37. The minimum atomic E-state index is -4.32. The van der Waals surface area contributed by atoms with Gasteiger partial charge in [-0.1, -0.05) is 6.07 Å². The van der Waals surface area contributed by atoms with E-state index in [2.05, 4.69) is 10.1 Å². The topological polar surface area (TPSA) is 68.8 Å². The van der Waals surface area contributed by atoms with Gasteiger partial charge in [0.2, 0.25) is 0 Å². The second-order valence-electron chi connectivity index (χ2n) is 3.90. The molecule has 0 aliphatic heterocycles. The Morgan fingerprint density at radius 3 is 2.25 bits per heavy atom. The normalized spacial score (nSPS) is 10.7. The third kappa shape index (κ3) is 5.17. The molecule has 0 aromatic heterocycles. The van der Waals surface area contributed by atoms with Crippen molar-refractivity contribution in [2.75, 3.05) is 25.1 Å². The zero-order valence-corrected chi connectivity index (χ0v) is 10.5. The van der Waals surface area contributed by atoms with Crippen LogP contribution < -0.4 is 5.32 Å². The third-order valence-electron chi connectivity index (χ3n) is 2.34. The molecule has 20 heavy (non-hydrogen) atoms. The third-order valence-corrected chi connectivity index (χ3v) is 2.34. The summed E-state index contributed by atoms with van der Waals surface area (Å²) in [6.07, 6.45) is -3.99. The zero-order chi connectivity index (χ0) is 15.0. The molecule has 0 fully saturated rings. The molecule has 0 saturated heterocycles. The highest BCUT2D eigenvalue weighted by molar-refractivity contribution is 5.66. The number of rotatable bonds is 6. The number of anilines is 1. The molecule has 106 valence electrons. The van der Waals surface area contributed by atoms with Gasteiger partial charge in [-0.25, -0.2) is 0 Å². The van der Waals surface area contributed by atoms with Crippen LogP contribution in [0, 0.1) is 22.7 Å². The van der Waals surface area contributed by atoms with E-state index in [1.165, 1.54) is 0 Å². The Kier molecular flexibility index (Phi) is 5.82. The Hall–Kier alpha value is -2.25. The minimum Gasteiger partial charge on any atom is -0.383 e. The number of benzene rings is 1. The van der Waals surface area contributed by atoms with E-state index in [0.29, 0.717) is 29.8 Å². The lowest BCUT2D eigenvalue weighted by Crippen LogP contribution is -2.18. The predicted molar refractivity (Wildman–Crippen MR) is 65.9 cm³/mol. The summed E-state index contributed by atoms with van der Waals surface area (Å²) in [5.41, 5.74) is 1.04. The van der Waals surface area contributed by atoms with Crippen molar-refractivity contribution >= 4 is 5.69 Å². The van der Waals surface area contributed by atoms with Crippen LogP contribution in [0.4, 0.5) is 18.9 Å². The van der Waals surface area contributed by atoms with Gasteiger partial charge < -0.3 is 10.1 Å². The highest BCUT2D eigenvalue weighted by Crippen LogP contribution is 2.19. The summed E-state index contributed by atoms with van der Waals surface area (Å²) in [6.45, 7) is -1.01. The molecule has 1 aromatic carbocycles. The summed E-state index contributed by atoms with van der Waals surface area (Å²) < 4.78 is 39.9. The summed E-state index contributed by atoms with van der Waals surface area (Å²) in [6, 6.07) is 8.61. The number of alkyl halides is 3. The van der Waals surface area contributed by atoms with Crippen LogP contribution >= 0.6 is 0 Å². The molecule has 0 amide bonds. The van der Waals surface area contributed by atoms with Crippen LogP contribution in [0.1, 0.15) is 17.5 Å². The van der Waals surface area contributed by atoms with Gasteiger partial charge in [0.05, 0.1) is 16.8 Å². The number of hydrogen-bond donors (Lipinski definition) is 1. The SMILES string of the molecule is N#Cc1cccc(C#N)c1NCCCOCC(F)(F)F. The molecule has 0 aliphatic carbocycles. The summed E-state index contributed by atoms with van der Waals surface area (Å²) in [4.78, 5) is 0. The van der Waals surface area contributed by atoms with Crippen molar-refractivity contribution in [2.24, 2.45) is 0 Å². The van der Waals surface area contributed by atoms with E-state index in [4.69, 9.17) is 10.5 Å². The first-order chi connectivity index (χ1) is 9.48. The fraction of sp³-hybridized carbons (Fsp3) is 0.385. The lowest BCUT2D eigenvalue weighted by Gasteiger charge is -2.10. The summed E-state index contributed by atoms with van der Waals surface area (Å²) in [7, 11) is 0. The number of nitrogens with zero attached hydrogens (tertiary/aromatic N) is 2. The Morgan fingerprint density at radius 1 is 1.15 bits per heavy atom. The van der Waals surface area contributed by atoms with Crippen molar-refractivity contribution < 1.29 is 17.9 Å². The molecule has 0 spiro atoms. The van der Waals surface area contributed by atoms with Crippen LogP contribution in [-0.4, -0.2) is 25.9 Å². The van der Waals surface area contributed by atoms with Crippen molar-refractivity contribution in [1.82, 2.24) is 0 Å². The quantitative estimate of drug-likeness (QED) is 0.815. The van der Waals surface area contributed by atoms with Gasteiger partial charge in [0.1, 0.15) is 18.7 Å². The molecule has 0 atom stereocenters. The monoisotopic (exact) mass is 283 g/mol. The highest BCUT2D eigenvalue weighted by atomic mass is 19.4. The van der Waals surface area contributed by atoms with E-state index in [1.807, 2.05) is 12.1 Å². The lowest BCUT2D eigenvalue weighted by molar-refractivity contribution is -0.173. The number of para-hydroxylation sites is 1. The number of nitrogens with one attached hydrogen (secondary N) is 1. The molecule has 1 aromatic rings. The van der Waals surface area contributed by atoms with E-state index in [9.17, 15) is 13.2 Å². The van der Waals surface area contributed by atoms with Crippen LogP contribution in [0.2, 0.25) is 0 Å². The number of ether oxygens (including phenoxy) is 1. The first-order valence-electron chi connectivity index (χ1n) is 5.79. The van der Waals surface area contributed by atoms with Crippen LogP contribution in [0.15, 0.2) is 18.2 Å². The molecule has 0 saturated carbocycles. The summed E-state index contributed by atoms with van der Waals surface area (Å²) >= 11 is 0. The van der Waals surface area contributed by atoms with Crippen LogP contribution in [0.5, 0.6) is 0 Å². The van der Waals surface area contributed by atoms with Gasteiger partial charge in [0, 0.05) is 13.2 Å². The van der Waals surface area contributed by atoms with Gasteiger partial charge in [0.25, 0.3) is 0 Å². The van der Waals surface area contributed by atoms with Gasteiger partial charge in [0.15, 0.2) is 0 Å². The van der Waals surface area contributed by atoms with Crippen molar-refractivity contribution in [1.29, 1.82) is 10.5 Å². The smallest absolute Gasteiger partial charge is 0.383 e. The van der Waals surface area contributed by atoms with Crippen LogP contribution in [-0.2, 0) is 4.74 Å². The highest BCUT2D eigenvalue weighted by Gasteiger charge is 2.27. The zero-order valence-electron chi connectivity index (χ0n) is 10.5. The average molecular weight is 283 g/mol. The average Bonchev–Trinajstić information content (AvgIpc) is 2.41. The molecule has 4 nitrogen and oxygen atoms in total. The Bertz CT molecular complexity index is 497. The van der Waals surface area contributed by atoms with Crippen molar-refractivity contribution in [2.45, 2.75) is 12.6 Å². The summed E-state index contributed by atoms with van der Waals surface area (Å²) in [5, 5.41) is 20.7. The van der Waals surface area contributed by atoms with Gasteiger partial charge in [-0.05, 0) is 18.6 Å². The van der Waals surface area contributed by atoms with E-state index in [1.54, 1.807) is 18.2 Å². The van der Waals surface area contributed by atoms with Gasteiger partial charge in [-0.2, -0.15) is 23.7 Å². The van der Waals surface area contributed by atoms with Crippen LogP contribution in [0.25, 0.3) is 0 Å². The van der Waals surface area contributed by atoms with Crippen molar-refractivity contribution in [3.63, 3.8) is 0 Å².